The SMILES string of the molecule is C/C(=C\N(C)N)C(C)C(C)C. The van der Waals surface area contributed by atoms with Crippen LogP contribution in [0.15, 0.2) is 11.8 Å². The molecule has 2 heteroatoms. The molecule has 0 saturated heterocycles. The third kappa shape index (κ3) is 4.04. The number of hydrazine groups is 1. The molecular weight excluding hydrogens is 136 g/mol. The molecule has 0 saturated carbocycles. The smallest absolute Gasteiger partial charge is 0.0222 e. The normalized spacial score (nSPS) is 15.4. The van der Waals surface area contributed by atoms with Crippen molar-refractivity contribution < 1.29 is 0 Å². The molecule has 0 aliphatic carbocycles. The van der Waals surface area contributed by atoms with E-state index < -0.39 is 0 Å². The molecule has 11 heavy (non-hydrogen) atoms. The minimum Gasteiger partial charge on any atom is -0.321 e. The molecular formula is C9H20N2. The molecule has 2 nitrogen and oxygen atoms in total. The molecule has 0 aromatic heterocycles. The molecule has 0 bridgehead atoms. The Morgan fingerprint density at radius 1 is 1.36 bits per heavy atom. The van der Waals surface area contributed by atoms with Gasteiger partial charge in [-0.15, -0.1) is 0 Å². The van der Waals surface area contributed by atoms with Crippen LogP contribution in [0, 0.1) is 11.8 Å². The summed E-state index contributed by atoms with van der Waals surface area (Å²) in [4.78, 5) is 0. The molecule has 66 valence electrons. The average Bonchev–Trinajstić information content (AvgIpc) is 1.84. The van der Waals surface area contributed by atoms with E-state index in [1.165, 1.54) is 5.57 Å². The van der Waals surface area contributed by atoms with Gasteiger partial charge in [0.1, 0.15) is 0 Å². The van der Waals surface area contributed by atoms with Gasteiger partial charge in [-0.05, 0) is 18.8 Å². The van der Waals surface area contributed by atoms with E-state index in [0.29, 0.717) is 11.8 Å². The van der Waals surface area contributed by atoms with E-state index in [1.54, 1.807) is 5.01 Å². The van der Waals surface area contributed by atoms with Crippen molar-refractivity contribution in [1.82, 2.24) is 5.01 Å². The second kappa shape index (κ2) is 4.39. The highest BCUT2D eigenvalue weighted by molar-refractivity contribution is 5.01. The van der Waals surface area contributed by atoms with Gasteiger partial charge in [0.05, 0.1) is 0 Å². The number of nitrogens with zero attached hydrogens (tertiary/aromatic N) is 1. The Bertz CT molecular complexity index is 136. The Morgan fingerprint density at radius 2 is 1.82 bits per heavy atom. The second-order valence-electron chi connectivity index (χ2n) is 3.57. The van der Waals surface area contributed by atoms with Gasteiger partial charge in [-0.1, -0.05) is 26.3 Å². The lowest BCUT2D eigenvalue weighted by Gasteiger charge is -2.18. The van der Waals surface area contributed by atoms with Crippen LogP contribution < -0.4 is 5.84 Å². The molecule has 0 radical (unpaired) electrons. The summed E-state index contributed by atoms with van der Waals surface area (Å²) in [5.74, 6) is 6.79. The average molecular weight is 156 g/mol. The monoisotopic (exact) mass is 156 g/mol. The van der Waals surface area contributed by atoms with Gasteiger partial charge in [0.2, 0.25) is 0 Å². The van der Waals surface area contributed by atoms with E-state index in [1.807, 2.05) is 13.2 Å². The van der Waals surface area contributed by atoms with Gasteiger partial charge in [0.15, 0.2) is 0 Å². The van der Waals surface area contributed by atoms with Crippen LogP contribution in [0.2, 0.25) is 0 Å². The molecule has 2 N–H and O–H groups in total. The van der Waals surface area contributed by atoms with Crippen LogP contribution >= 0.6 is 0 Å². The van der Waals surface area contributed by atoms with Gasteiger partial charge in [-0.25, -0.2) is 5.84 Å². The van der Waals surface area contributed by atoms with E-state index in [0.717, 1.165) is 0 Å². The molecule has 1 unspecified atom stereocenters. The van der Waals surface area contributed by atoms with Crippen LogP contribution in [0.4, 0.5) is 0 Å². The van der Waals surface area contributed by atoms with Crippen LogP contribution in [0.25, 0.3) is 0 Å². The summed E-state index contributed by atoms with van der Waals surface area (Å²) in [5.41, 5.74) is 1.34. The number of rotatable bonds is 3. The fourth-order valence-electron chi connectivity index (χ4n) is 0.965. The van der Waals surface area contributed by atoms with Crippen molar-refractivity contribution in [3.63, 3.8) is 0 Å². The van der Waals surface area contributed by atoms with Gasteiger partial charge >= 0.3 is 0 Å². The summed E-state index contributed by atoms with van der Waals surface area (Å²) in [6.07, 6.45) is 1.98. The standard InChI is InChI=1S/C9H20N2/c1-7(2)9(4)8(3)6-11(5)10/h6-7,9H,10H2,1-5H3/b8-6+. The Morgan fingerprint density at radius 3 is 2.09 bits per heavy atom. The quantitative estimate of drug-likeness (QED) is 0.500. The van der Waals surface area contributed by atoms with Crippen molar-refractivity contribution >= 4 is 0 Å². The predicted octanol–water partition coefficient (Wildman–Crippen LogP) is 1.99. The maximum atomic E-state index is 5.49. The van der Waals surface area contributed by atoms with E-state index in [2.05, 4.69) is 27.7 Å². The highest BCUT2D eigenvalue weighted by Crippen LogP contribution is 2.18. The minimum atomic E-state index is 0.612. The van der Waals surface area contributed by atoms with Crippen LogP contribution in [0.5, 0.6) is 0 Å². The number of hydrogen-bond acceptors (Lipinski definition) is 2. The first-order valence-electron chi connectivity index (χ1n) is 4.11. The Balaban J connectivity index is 4.11. The van der Waals surface area contributed by atoms with Crippen LogP contribution in [0.3, 0.4) is 0 Å². The number of hydrogen-bond donors (Lipinski definition) is 1. The molecule has 0 aliphatic heterocycles. The highest BCUT2D eigenvalue weighted by atomic mass is 15.4. The molecule has 0 spiro atoms. The van der Waals surface area contributed by atoms with E-state index >= 15 is 0 Å². The fourth-order valence-corrected chi connectivity index (χ4v) is 0.965. The Labute approximate surface area is 70.0 Å². The molecule has 1 atom stereocenters. The van der Waals surface area contributed by atoms with Gasteiger partial charge in [-0.2, -0.15) is 0 Å². The molecule has 0 rings (SSSR count). The topological polar surface area (TPSA) is 29.3 Å². The zero-order valence-corrected chi connectivity index (χ0v) is 8.26. The van der Waals surface area contributed by atoms with Crippen LogP contribution in [-0.4, -0.2) is 12.1 Å². The summed E-state index contributed by atoms with van der Waals surface area (Å²) in [7, 11) is 1.84. The van der Waals surface area contributed by atoms with Crippen molar-refractivity contribution in [3.8, 4) is 0 Å². The largest absolute Gasteiger partial charge is 0.321 e. The Kier molecular flexibility index (Phi) is 4.19. The van der Waals surface area contributed by atoms with Gasteiger partial charge in [0, 0.05) is 13.2 Å². The first-order valence-corrected chi connectivity index (χ1v) is 4.11. The number of nitrogens with two attached hydrogens (primary N) is 1. The minimum absolute atomic E-state index is 0.612. The van der Waals surface area contributed by atoms with Crippen molar-refractivity contribution in [1.29, 1.82) is 0 Å². The van der Waals surface area contributed by atoms with Gasteiger partial charge in [0.25, 0.3) is 0 Å². The Hall–Kier alpha value is -0.500. The lowest BCUT2D eigenvalue weighted by molar-refractivity contribution is 0.440. The zero-order chi connectivity index (χ0) is 9.02. The molecule has 0 amide bonds. The molecule has 0 heterocycles. The van der Waals surface area contributed by atoms with Gasteiger partial charge in [-0.3, -0.25) is 0 Å². The fraction of sp³-hybridized carbons (Fsp3) is 0.778. The maximum Gasteiger partial charge on any atom is 0.0222 e. The summed E-state index contributed by atoms with van der Waals surface area (Å²) in [5, 5.41) is 1.61. The highest BCUT2D eigenvalue weighted by Gasteiger charge is 2.08. The summed E-state index contributed by atoms with van der Waals surface area (Å²) in [6.45, 7) is 8.78. The summed E-state index contributed by atoms with van der Waals surface area (Å²) < 4.78 is 0. The summed E-state index contributed by atoms with van der Waals surface area (Å²) in [6, 6.07) is 0. The van der Waals surface area contributed by atoms with E-state index in [-0.39, 0.29) is 0 Å². The van der Waals surface area contributed by atoms with E-state index in [9.17, 15) is 0 Å². The lowest BCUT2D eigenvalue weighted by Crippen LogP contribution is -2.20. The molecule has 0 aliphatic rings. The predicted molar refractivity (Wildman–Crippen MR) is 49.7 cm³/mol. The van der Waals surface area contributed by atoms with Gasteiger partial charge < -0.3 is 5.01 Å². The second-order valence-corrected chi connectivity index (χ2v) is 3.57. The maximum absolute atomic E-state index is 5.49. The summed E-state index contributed by atoms with van der Waals surface area (Å²) >= 11 is 0. The first-order chi connectivity index (χ1) is 4.95. The molecule has 0 fully saturated rings. The van der Waals surface area contributed by atoms with Crippen molar-refractivity contribution in [3.05, 3.63) is 11.8 Å². The number of allylic oxidation sites excluding steroid dienone is 1. The van der Waals surface area contributed by atoms with Crippen molar-refractivity contribution in [2.75, 3.05) is 7.05 Å². The lowest BCUT2D eigenvalue weighted by atomic mass is 9.92. The molecule has 0 aromatic rings. The van der Waals surface area contributed by atoms with E-state index in [4.69, 9.17) is 5.84 Å². The van der Waals surface area contributed by atoms with Crippen LogP contribution in [-0.2, 0) is 0 Å². The third-order valence-electron chi connectivity index (χ3n) is 2.13. The van der Waals surface area contributed by atoms with Crippen molar-refractivity contribution in [2.45, 2.75) is 27.7 Å². The molecule has 0 aromatic carbocycles. The zero-order valence-electron chi connectivity index (χ0n) is 8.26. The first kappa shape index (κ1) is 10.5. The van der Waals surface area contributed by atoms with Crippen molar-refractivity contribution in [2.24, 2.45) is 17.7 Å². The van der Waals surface area contributed by atoms with Crippen LogP contribution in [0.1, 0.15) is 27.7 Å². The third-order valence-corrected chi connectivity index (χ3v) is 2.13.